The summed E-state index contributed by atoms with van der Waals surface area (Å²) in [5.41, 5.74) is 6.72. The van der Waals surface area contributed by atoms with Gasteiger partial charge in [0.2, 0.25) is 0 Å². The smallest absolute Gasteiger partial charge is 0.257 e. The number of fused-ring (bicyclic) bond motifs is 1. The second-order valence-corrected chi connectivity index (χ2v) is 10.3. The Kier molecular flexibility index (Phi) is 6.57. The van der Waals surface area contributed by atoms with Crippen LogP contribution >= 0.6 is 11.3 Å². The molecule has 39 heavy (non-hydrogen) atoms. The predicted octanol–water partition coefficient (Wildman–Crippen LogP) is 6.95. The molecule has 6 nitrogen and oxygen atoms in total. The maximum atomic E-state index is 13.0. The molecule has 2 heterocycles. The Morgan fingerprint density at radius 2 is 1.69 bits per heavy atom. The van der Waals surface area contributed by atoms with Crippen molar-refractivity contribution in [3.63, 3.8) is 0 Å². The molecule has 1 unspecified atom stereocenters. The molecular weight excluding hydrogens is 504 g/mol. The number of carbonyl (C=O) groups excluding carboxylic acids is 2. The predicted molar refractivity (Wildman–Crippen MR) is 156 cm³/mol. The number of aromatic nitrogens is 1. The fourth-order valence-corrected chi connectivity index (χ4v) is 5.53. The van der Waals surface area contributed by atoms with Crippen LogP contribution in [-0.4, -0.2) is 23.0 Å². The van der Waals surface area contributed by atoms with Gasteiger partial charge in [0, 0.05) is 22.3 Å². The van der Waals surface area contributed by atoms with E-state index in [1.165, 1.54) is 11.3 Å². The third kappa shape index (κ3) is 5.00. The maximum Gasteiger partial charge on any atom is 0.257 e. The molecule has 0 fully saturated rings. The molecule has 0 saturated heterocycles. The maximum absolute atomic E-state index is 13.0. The van der Waals surface area contributed by atoms with E-state index in [0.717, 1.165) is 44.8 Å². The number of hydrogen-bond donors (Lipinski definition) is 2. The SMILES string of the molecule is Cc1ccc(C(=O)Nc2nc(-c3ccccc3)c(C3=Nc4ccccc4C(c4cccc(C=O)c4)N3)s2)cc1. The number of aldehydes is 1. The highest BCUT2D eigenvalue weighted by Crippen LogP contribution is 2.38. The zero-order valence-corrected chi connectivity index (χ0v) is 21.9. The van der Waals surface area contributed by atoms with Gasteiger partial charge in [0.15, 0.2) is 5.13 Å². The van der Waals surface area contributed by atoms with Gasteiger partial charge in [0.25, 0.3) is 5.91 Å². The number of carbonyl (C=O) groups is 2. The number of aryl methyl sites for hydroxylation is 1. The van der Waals surface area contributed by atoms with E-state index in [4.69, 9.17) is 9.98 Å². The fraction of sp³-hybridized carbons (Fsp3) is 0.0625. The molecule has 6 rings (SSSR count). The summed E-state index contributed by atoms with van der Waals surface area (Å²) in [5.74, 6) is 0.435. The number of amidine groups is 1. The second-order valence-electron chi connectivity index (χ2n) is 9.27. The topological polar surface area (TPSA) is 83.5 Å². The minimum atomic E-state index is -0.220. The molecule has 4 aromatic carbocycles. The first kappa shape index (κ1) is 24.5. The van der Waals surface area contributed by atoms with Gasteiger partial charge < -0.3 is 5.32 Å². The lowest BCUT2D eigenvalue weighted by molar-refractivity contribution is 0.102. The normalized spacial score (nSPS) is 14.1. The van der Waals surface area contributed by atoms with Crippen molar-refractivity contribution < 1.29 is 9.59 Å². The summed E-state index contributed by atoms with van der Waals surface area (Å²) in [5, 5.41) is 7.05. The summed E-state index contributed by atoms with van der Waals surface area (Å²) in [6, 6.07) is 32.6. The highest BCUT2D eigenvalue weighted by molar-refractivity contribution is 7.18. The van der Waals surface area contributed by atoms with E-state index in [0.29, 0.717) is 22.1 Å². The van der Waals surface area contributed by atoms with E-state index >= 15 is 0 Å². The molecule has 2 N–H and O–H groups in total. The van der Waals surface area contributed by atoms with Crippen molar-refractivity contribution >= 4 is 40.2 Å². The zero-order valence-electron chi connectivity index (χ0n) is 21.1. The third-order valence-corrected chi connectivity index (χ3v) is 7.54. The van der Waals surface area contributed by atoms with Gasteiger partial charge in [-0.25, -0.2) is 9.98 Å². The Bertz CT molecular complexity index is 1710. The van der Waals surface area contributed by atoms with Gasteiger partial charge in [-0.2, -0.15) is 0 Å². The lowest BCUT2D eigenvalue weighted by Crippen LogP contribution is -2.32. The molecule has 1 aromatic heterocycles. The number of nitrogens with zero attached hydrogens (tertiary/aromatic N) is 2. The minimum Gasteiger partial charge on any atom is -0.358 e. The Balaban J connectivity index is 1.43. The van der Waals surface area contributed by atoms with E-state index in [1.54, 1.807) is 18.2 Å². The molecule has 0 bridgehead atoms. The van der Waals surface area contributed by atoms with Crippen molar-refractivity contribution in [2.45, 2.75) is 13.0 Å². The van der Waals surface area contributed by atoms with Gasteiger partial charge in [-0.1, -0.05) is 95.8 Å². The van der Waals surface area contributed by atoms with Crippen LogP contribution in [0.3, 0.4) is 0 Å². The summed E-state index contributed by atoms with van der Waals surface area (Å²) in [7, 11) is 0. The number of thiazole rings is 1. The average Bonchev–Trinajstić information content (AvgIpc) is 3.41. The molecular formula is C32H24N4O2S. The number of nitrogens with one attached hydrogen (secondary N) is 2. The molecule has 1 atom stereocenters. The summed E-state index contributed by atoms with van der Waals surface area (Å²) in [6.07, 6.45) is 0.854. The van der Waals surface area contributed by atoms with E-state index in [9.17, 15) is 9.59 Å². The van der Waals surface area contributed by atoms with Crippen molar-refractivity contribution in [2.75, 3.05) is 5.32 Å². The van der Waals surface area contributed by atoms with Crippen LogP contribution < -0.4 is 10.6 Å². The van der Waals surface area contributed by atoms with Crippen LogP contribution in [0.5, 0.6) is 0 Å². The molecule has 5 aromatic rings. The van der Waals surface area contributed by atoms with Gasteiger partial charge in [0.1, 0.15) is 12.1 Å². The third-order valence-electron chi connectivity index (χ3n) is 6.56. The van der Waals surface area contributed by atoms with Crippen LogP contribution in [0.25, 0.3) is 11.3 Å². The summed E-state index contributed by atoms with van der Waals surface area (Å²) >= 11 is 1.37. The number of benzene rings is 4. The van der Waals surface area contributed by atoms with Crippen molar-refractivity contribution in [1.82, 2.24) is 10.3 Å². The number of para-hydroxylation sites is 1. The lowest BCUT2D eigenvalue weighted by Gasteiger charge is -2.27. The van der Waals surface area contributed by atoms with Crippen molar-refractivity contribution in [3.8, 4) is 11.3 Å². The van der Waals surface area contributed by atoms with Gasteiger partial charge in [-0.3, -0.25) is 14.9 Å². The Morgan fingerprint density at radius 3 is 2.49 bits per heavy atom. The molecule has 0 aliphatic carbocycles. The minimum absolute atomic E-state index is 0.218. The Labute approximate surface area is 230 Å². The molecule has 1 aliphatic rings. The van der Waals surface area contributed by atoms with Crippen LogP contribution in [0, 0.1) is 6.92 Å². The quantitative estimate of drug-likeness (QED) is 0.234. The van der Waals surface area contributed by atoms with Gasteiger partial charge >= 0.3 is 0 Å². The van der Waals surface area contributed by atoms with Crippen molar-refractivity contribution in [3.05, 3.63) is 136 Å². The van der Waals surface area contributed by atoms with Gasteiger partial charge in [-0.05, 0) is 36.8 Å². The highest BCUT2D eigenvalue weighted by Gasteiger charge is 2.28. The first-order chi connectivity index (χ1) is 19.1. The Morgan fingerprint density at radius 1 is 0.923 bits per heavy atom. The largest absolute Gasteiger partial charge is 0.358 e. The number of anilines is 1. The van der Waals surface area contributed by atoms with E-state index in [1.807, 2.05) is 91.9 Å². The van der Waals surface area contributed by atoms with Crippen LogP contribution in [0.15, 0.2) is 108 Å². The van der Waals surface area contributed by atoms with Crippen LogP contribution in [0.2, 0.25) is 0 Å². The molecule has 1 aliphatic heterocycles. The molecule has 1 amide bonds. The van der Waals surface area contributed by atoms with Gasteiger partial charge in [0.05, 0.1) is 22.3 Å². The van der Waals surface area contributed by atoms with Crippen LogP contribution in [-0.2, 0) is 0 Å². The fourth-order valence-electron chi connectivity index (χ4n) is 4.59. The zero-order chi connectivity index (χ0) is 26.8. The number of amides is 1. The van der Waals surface area contributed by atoms with Crippen LogP contribution in [0.1, 0.15) is 48.3 Å². The first-order valence-electron chi connectivity index (χ1n) is 12.5. The van der Waals surface area contributed by atoms with Crippen molar-refractivity contribution in [2.24, 2.45) is 4.99 Å². The number of aliphatic imine (C=N–C) groups is 1. The molecule has 7 heteroatoms. The summed E-state index contributed by atoms with van der Waals surface area (Å²) in [4.78, 5) is 35.1. The van der Waals surface area contributed by atoms with E-state index in [2.05, 4.69) is 10.6 Å². The lowest BCUT2D eigenvalue weighted by atomic mass is 9.94. The van der Waals surface area contributed by atoms with Crippen LogP contribution in [0.4, 0.5) is 10.8 Å². The monoisotopic (exact) mass is 528 g/mol. The Hall–Kier alpha value is -4.88. The summed E-state index contributed by atoms with van der Waals surface area (Å²) < 4.78 is 0. The average molecular weight is 529 g/mol. The molecule has 0 saturated carbocycles. The molecule has 0 radical (unpaired) electrons. The van der Waals surface area contributed by atoms with Crippen molar-refractivity contribution in [1.29, 1.82) is 0 Å². The number of hydrogen-bond acceptors (Lipinski definition) is 6. The number of rotatable bonds is 6. The molecule has 190 valence electrons. The highest BCUT2D eigenvalue weighted by atomic mass is 32.1. The second kappa shape index (κ2) is 10.5. The van der Waals surface area contributed by atoms with E-state index in [-0.39, 0.29) is 11.9 Å². The first-order valence-corrected chi connectivity index (χ1v) is 13.3. The summed E-state index contributed by atoms with van der Waals surface area (Å²) in [6.45, 7) is 1.99. The van der Waals surface area contributed by atoms with E-state index < -0.39 is 0 Å². The standard InChI is InChI=1S/C32H24N4O2S/c1-20-14-16-23(17-15-20)31(38)36-32-35-28(22-9-3-2-4-10-22)29(39-32)30-33-26-13-6-5-12-25(26)27(34-30)24-11-7-8-21(18-24)19-37/h2-19,27H,1H3,(H,33,34)(H,35,36,38). The van der Waals surface area contributed by atoms with Gasteiger partial charge in [-0.15, -0.1) is 0 Å². The molecule has 0 spiro atoms.